The topological polar surface area (TPSA) is 234 Å². The number of sulfonamides is 2. The quantitative estimate of drug-likeness (QED) is 0.0399. The van der Waals surface area contributed by atoms with Gasteiger partial charge < -0.3 is 19.1 Å². The smallest absolute Gasteiger partial charge is 0.329 e. The van der Waals surface area contributed by atoms with Crippen molar-refractivity contribution in [3.63, 3.8) is 0 Å². The van der Waals surface area contributed by atoms with E-state index in [9.17, 15) is 26.4 Å². The van der Waals surface area contributed by atoms with Crippen molar-refractivity contribution < 1.29 is 41.0 Å². The van der Waals surface area contributed by atoms with Gasteiger partial charge in [0.25, 0.3) is 26.0 Å². The number of rotatable bonds is 14. The summed E-state index contributed by atoms with van der Waals surface area (Å²) in [7, 11) is -5.88. The zero-order valence-corrected chi connectivity index (χ0v) is 41.5. The summed E-state index contributed by atoms with van der Waals surface area (Å²) in [4.78, 5) is 21.9. The maximum Gasteiger partial charge on any atom is 0.329 e. The average molecular weight is 977 g/mol. The van der Waals surface area contributed by atoms with E-state index in [0.29, 0.717) is 34.5 Å². The number of nitrogens with zero attached hydrogens (tertiary/aromatic N) is 3. The van der Waals surface area contributed by atoms with Crippen molar-refractivity contribution in [1.29, 1.82) is 0 Å². The number of hydrogen-bond acceptors (Lipinski definition) is 11. The number of hydrogen-bond donors (Lipinski definition) is 5. The summed E-state index contributed by atoms with van der Waals surface area (Å²) in [5, 5.41) is 17.2. The fourth-order valence-corrected chi connectivity index (χ4v) is 8.04. The number of anilines is 2. The SMILES string of the molecule is CC(C)(C)c1ccc(S(=O)(=O)Nc2ccc(Cl)cc2C(=O)NN)cc1.CC(C)OCC(=O)O.CC(C)OCc1nnc(-c2cc(Cl)ccc2NS(=O)(=O)c2ccc(C(C)(C)C)cc2)n1C. The lowest BCUT2D eigenvalue weighted by molar-refractivity contribution is -0.143. The van der Waals surface area contributed by atoms with E-state index in [-0.39, 0.29) is 55.7 Å². The van der Waals surface area contributed by atoms with Crippen LogP contribution in [-0.4, -0.2) is 67.4 Å². The van der Waals surface area contributed by atoms with Gasteiger partial charge in [-0.1, -0.05) is 89.0 Å². The molecule has 0 aliphatic heterocycles. The van der Waals surface area contributed by atoms with Crippen LogP contribution >= 0.6 is 23.2 Å². The molecule has 5 aromatic rings. The van der Waals surface area contributed by atoms with Crippen LogP contribution in [0.3, 0.4) is 0 Å². The average Bonchev–Trinajstić information content (AvgIpc) is 3.59. The Balaban J connectivity index is 0.000000302. The van der Waals surface area contributed by atoms with Gasteiger partial charge >= 0.3 is 5.97 Å². The molecule has 65 heavy (non-hydrogen) atoms. The molecule has 0 saturated heterocycles. The Morgan fingerprint density at radius 1 is 0.708 bits per heavy atom. The van der Waals surface area contributed by atoms with Gasteiger partial charge in [0.1, 0.15) is 13.2 Å². The van der Waals surface area contributed by atoms with Crippen LogP contribution < -0.4 is 20.7 Å². The zero-order valence-electron chi connectivity index (χ0n) is 38.4. The molecule has 0 aliphatic carbocycles. The van der Waals surface area contributed by atoms with E-state index in [1.807, 2.05) is 52.2 Å². The Kier molecular flexibility index (Phi) is 19.1. The van der Waals surface area contributed by atoms with Crippen molar-refractivity contribution in [1.82, 2.24) is 20.2 Å². The van der Waals surface area contributed by atoms with E-state index >= 15 is 0 Å². The molecular formula is C45H59Cl2N7O9S2. The Hall–Kier alpha value is -5.08. The second kappa shape index (κ2) is 22.9. The van der Waals surface area contributed by atoms with Gasteiger partial charge in [-0.15, -0.1) is 10.2 Å². The fraction of sp³-hybridized carbons (Fsp3) is 0.378. The first-order chi connectivity index (χ1) is 30.0. The number of amides is 1. The number of carbonyl (C=O) groups is 2. The van der Waals surface area contributed by atoms with Crippen LogP contribution in [0.4, 0.5) is 11.4 Å². The molecule has 20 heteroatoms. The molecule has 0 bridgehead atoms. The Morgan fingerprint density at radius 2 is 1.15 bits per heavy atom. The second-order valence-corrected chi connectivity index (χ2v) is 21.5. The molecule has 5 rings (SSSR count). The van der Waals surface area contributed by atoms with Crippen molar-refractivity contribution in [3.8, 4) is 11.4 Å². The largest absolute Gasteiger partial charge is 0.480 e. The molecule has 4 aromatic carbocycles. The number of carbonyl (C=O) groups excluding carboxylic acids is 1. The summed E-state index contributed by atoms with van der Waals surface area (Å²) >= 11 is 12.1. The molecule has 0 spiro atoms. The maximum atomic E-state index is 13.1. The van der Waals surface area contributed by atoms with Crippen molar-refractivity contribution in [2.24, 2.45) is 12.9 Å². The van der Waals surface area contributed by atoms with Crippen molar-refractivity contribution >= 4 is 66.5 Å². The molecule has 1 heterocycles. The van der Waals surface area contributed by atoms with E-state index in [0.717, 1.165) is 11.1 Å². The number of halogens is 2. The van der Waals surface area contributed by atoms with E-state index in [1.165, 1.54) is 30.3 Å². The van der Waals surface area contributed by atoms with Crippen molar-refractivity contribution in [3.05, 3.63) is 117 Å². The number of nitrogens with one attached hydrogen (secondary N) is 3. The summed E-state index contributed by atoms with van der Waals surface area (Å²) in [6.07, 6.45) is 0.0551. The summed E-state index contributed by atoms with van der Waals surface area (Å²) in [6, 6.07) is 22.6. The lowest BCUT2D eigenvalue weighted by Crippen LogP contribution is -2.31. The predicted octanol–water partition coefficient (Wildman–Crippen LogP) is 8.70. The van der Waals surface area contributed by atoms with Crippen LogP contribution in [0.2, 0.25) is 10.0 Å². The lowest BCUT2D eigenvalue weighted by Gasteiger charge is -2.19. The zero-order chi connectivity index (χ0) is 49.1. The van der Waals surface area contributed by atoms with E-state index in [2.05, 4.69) is 40.4 Å². The molecule has 1 aromatic heterocycles. The fourth-order valence-electron chi connectivity index (χ4n) is 5.54. The Bertz CT molecular complexity index is 2630. The van der Waals surface area contributed by atoms with Gasteiger partial charge in [-0.3, -0.25) is 19.7 Å². The highest BCUT2D eigenvalue weighted by Gasteiger charge is 2.23. The van der Waals surface area contributed by atoms with Crippen molar-refractivity contribution in [2.45, 2.75) is 109 Å². The normalized spacial score (nSPS) is 11.9. The summed E-state index contributed by atoms with van der Waals surface area (Å²) in [5.74, 6) is 4.68. The van der Waals surface area contributed by atoms with Crippen LogP contribution in [-0.2, 0) is 58.8 Å². The number of aromatic nitrogens is 3. The monoisotopic (exact) mass is 975 g/mol. The van der Waals surface area contributed by atoms with Gasteiger partial charge in [-0.25, -0.2) is 27.5 Å². The highest BCUT2D eigenvalue weighted by Crippen LogP contribution is 2.33. The third kappa shape index (κ3) is 16.4. The number of benzene rings is 4. The van der Waals surface area contributed by atoms with Crippen LogP contribution in [0.15, 0.2) is 94.7 Å². The van der Waals surface area contributed by atoms with Crippen molar-refractivity contribution in [2.75, 3.05) is 16.1 Å². The van der Waals surface area contributed by atoms with E-state index in [1.54, 1.807) is 67.9 Å². The first-order valence-electron chi connectivity index (χ1n) is 20.3. The van der Waals surface area contributed by atoms with Gasteiger partial charge in [0, 0.05) is 22.7 Å². The Morgan fingerprint density at radius 3 is 1.57 bits per heavy atom. The third-order valence-corrected chi connectivity index (χ3v) is 12.4. The number of ether oxygens (including phenoxy) is 2. The standard InChI is InChI=1S/C23H29ClN4O3S.C17H20ClN3O3S.C5H10O3/c1-15(2)31-14-21-25-26-22(28(21)6)19-13-17(24)9-12-20(19)27-32(29,30)18-10-7-16(8-11-18)23(3,4)5;1-17(2,3)11-4-7-13(8-5-11)25(23,24)21-15-9-6-12(18)10-14(15)16(22)20-19;1-4(2)8-3-5(6)7/h7-13,15,27H,14H2,1-6H3;4-10,21H,19H2,1-3H3,(H,20,22);4H,3H2,1-2H3,(H,6,7). The van der Waals surface area contributed by atoms with Gasteiger partial charge in [0.15, 0.2) is 11.6 Å². The van der Waals surface area contributed by atoms with Crippen LogP contribution in [0.5, 0.6) is 0 Å². The molecule has 0 saturated carbocycles. The predicted molar refractivity (Wildman–Crippen MR) is 255 cm³/mol. The molecule has 6 N–H and O–H groups in total. The number of carboxylic acids is 1. The third-order valence-electron chi connectivity index (χ3n) is 9.18. The first-order valence-corrected chi connectivity index (χ1v) is 24.0. The maximum absolute atomic E-state index is 13.1. The molecule has 0 aliphatic rings. The highest BCUT2D eigenvalue weighted by molar-refractivity contribution is 7.93. The number of hydrazine groups is 1. The molecule has 0 radical (unpaired) electrons. The number of aliphatic carboxylic acids is 1. The molecule has 0 unspecified atom stereocenters. The molecule has 354 valence electrons. The molecule has 0 fully saturated rings. The van der Waals surface area contributed by atoms with Crippen LogP contribution in [0.1, 0.15) is 96.5 Å². The summed E-state index contributed by atoms with van der Waals surface area (Å²) in [6.45, 7) is 19.9. The van der Waals surface area contributed by atoms with E-state index in [4.69, 9.17) is 43.6 Å². The number of nitrogen functional groups attached to an aromatic ring is 1. The summed E-state index contributed by atoms with van der Waals surface area (Å²) < 4.78 is 68.6. The van der Waals surface area contributed by atoms with E-state index < -0.39 is 31.9 Å². The van der Waals surface area contributed by atoms with Gasteiger partial charge in [-0.2, -0.15) is 0 Å². The molecular weight excluding hydrogens is 918 g/mol. The molecule has 1 amide bonds. The molecule has 0 atom stereocenters. The molecule has 16 nitrogen and oxygen atoms in total. The minimum absolute atomic E-state index is 0.00565. The van der Waals surface area contributed by atoms with Gasteiger partial charge in [0.2, 0.25) is 0 Å². The lowest BCUT2D eigenvalue weighted by atomic mass is 9.87. The number of nitrogens with two attached hydrogens (primary N) is 1. The second-order valence-electron chi connectivity index (χ2n) is 17.2. The first kappa shape index (κ1) is 54.3. The van der Waals surface area contributed by atoms with Crippen LogP contribution in [0, 0.1) is 0 Å². The highest BCUT2D eigenvalue weighted by atomic mass is 35.5. The summed E-state index contributed by atoms with van der Waals surface area (Å²) in [5.41, 5.74) is 4.89. The van der Waals surface area contributed by atoms with Gasteiger partial charge in [-0.05, 0) is 110 Å². The van der Waals surface area contributed by atoms with Gasteiger partial charge in [0.05, 0.1) is 38.9 Å². The minimum Gasteiger partial charge on any atom is -0.480 e. The Labute approximate surface area is 392 Å². The minimum atomic E-state index is -3.87. The number of carboxylic acid groups (broad SMARTS) is 1. The van der Waals surface area contributed by atoms with Crippen LogP contribution in [0.25, 0.3) is 11.4 Å².